The number of halogens is 1. The molecule has 3 aromatic rings. The van der Waals surface area contributed by atoms with E-state index in [0.717, 1.165) is 16.5 Å². The van der Waals surface area contributed by atoms with Crippen LogP contribution in [0.4, 0.5) is 0 Å². The molecular formula is C17H15ClN2O4S2. The van der Waals surface area contributed by atoms with Gasteiger partial charge in [-0.05, 0) is 42.5 Å². The lowest BCUT2D eigenvalue weighted by molar-refractivity contribution is -0.120. The lowest BCUT2D eigenvalue weighted by atomic mass is 10.3. The standard InChI is InChI=1S/C17H15ClN2O4S2/c1-20-14-8-7-13(26(2,22)23)9-15(14)25-17(20)19-16(21)10-24-12-5-3-11(18)4-6-12/h3-9H,10H2,1-2H3. The van der Waals surface area contributed by atoms with Crippen molar-refractivity contribution in [1.82, 2.24) is 4.57 Å². The van der Waals surface area contributed by atoms with E-state index in [9.17, 15) is 13.2 Å². The Kier molecular flexibility index (Phi) is 5.17. The van der Waals surface area contributed by atoms with Crippen LogP contribution < -0.4 is 9.54 Å². The molecule has 0 saturated heterocycles. The molecule has 26 heavy (non-hydrogen) atoms. The summed E-state index contributed by atoms with van der Waals surface area (Å²) in [6.45, 7) is -0.204. The van der Waals surface area contributed by atoms with Gasteiger partial charge in [-0.15, -0.1) is 0 Å². The average Bonchev–Trinajstić information content (AvgIpc) is 2.89. The minimum absolute atomic E-state index is 0.204. The third-order valence-corrected chi connectivity index (χ3v) is 6.06. The molecule has 1 amide bonds. The van der Waals surface area contributed by atoms with E-state index in [1.165, 1.54) is 11.3 Å². The second-order valence-corrected chi connectivity index (χ2v) is 9.05. The van der Waals surface area contributed by atoms with Crippen LogP contribution in [-0.2, 0) is 21.7 Å². The molecule has 0 aliphatic carbocycles. The molecule has 1 heterocycles. The summed E-state index contributed by atoms with van der Waals surface area (Å²) < 4.78 is 31.2. The number of aryl methyl sites for hydroxylation is 1. The van der Waals surface area contributed by atoms with E-state index >= 15 is 0 Å². The van der Waals surface area contributed by atoms with Crippen molar-refractivity contribution in [3.05, 3.63) is 52.3 Å². The van der Waals surface area contributed by atoms with Crippen LogP contribution in [0.25, 0.3) is 10.2 Å². The van der Waals surface area contributed by atoms with E-state index in [-0.39, 0.29) is 11.5 Å². The summed E-state index contributed by atoms with van der Waals surface area (Å²) in [4.78, 5) is 16.9. The average molecular weight is 411 g/mol. The first-order valence-corrected chi connectivity index (χ1v) is 10.6. The molecule has 9 heteroatoms. The van der Waals surface area contributed by atoms with Crippen molar-refractivity contribution in [2.24, 2.45) is 12.0 Å². The molecule has 0 unspecified atom stereocenters. The molecule has 0 saturated carbocycles. The number of hydrogen-bond donors (Lipinski definition) is 0. The van der Waals surface area contributed by atoms with Gasteiger partial charge in [-0.3, -0.25) is 4.79 Å². The lowest BCUT2D eigenvalue weighted by Gasteiger charge is -2.02. The molecule has 0 N–H and O–H groups in total. The number of carbonyl (C=O) groups is 1. The summed E-state index contributed by atoms with van der Waals surface area (Å²) in [7, 11) is -1.52. The number of thiazole rings is 1. The first kappa shape index (κ1) is 18.6. The Morgan fingerprint density at radius 1 is 1.23 bits per heavy atom. The summed E-state index contributed by atoms with van der Waals surface area (Å²) in [5.74, 6) is 0.0851. The molecule has 0 aliphatic heterocycles. The number of carbonyl (C=O) groups excluding carboxylic acids is 1. The predicted molar refractivity (Wildman–Crippen MR) is 101 cm³/mol. The maximum Gasteiger partial charge on any atom is 0.286 e. The van der Waals surface area contributed by atoms with Gasteiger partial charge in [0, 0.05) is 18.3 Å². The number of aromatic nitrogens is 1. The largest absolute Gasteiger partial charge is 0.484 e. The van der Waals surface area contributed by atoms with E-state index in [0.29, 0.717) is 15.6 Å². The zero-order chi connectivity index (χ0) is 18.9. The molecular weight excluding hydrogens is 396 g/mol. The molecule has 0 radical (unpaired) electrons. The fourth-order valence-electron chi connectivity index (χ4n) is 2.27. The van der Waals surface area contributed by atoms with Crippen LogP contribution >= 0.6 is 22.9 Å². The van der Waals surface area contributed by atoms with E-state index in [1.54, 1.807) is 54.1 Å². The van der Waals surface area contributed by atoms with Gasteiger partial charge in [0.15, 0.2) is 21.2 Å². The van der Waals surface area contributed by atoms with Gasteiger partial charge in [-0.2, -0.15) is 4.99 Å². The molecule has 6 nitrogen and oxygen atoms in total. The van der Waals surface area contributed by atoms with Crippen molar-refractivity contribution in [2.45, 2.75) is 4.90 Å². The van der Waals surface area contributed by atoms with Crippen LogP contribution in [0.5, 0.6) is 5.75 Å². The van der Waals surface area contributed by atoms with Crippen LogP contribution in [0.15, 0.2) is 52.4 Å². The van der Waals surface area contributed by atoms with Crippen molar-refractivity contribution in [2.75, 3.05) is 12.9 Å². The van der Waals surface area contributed by atoms with Crippen molar-refractivity contribution in [3.8, 4) is 5.75 Å². The molecule has 3 rings (SSSR count). The number of ether oxygens (including phenoxy) is 1. The number of fused-ring (bicyclic) bond motifs is 1. The van der Waals surface area contributed by atoms with Gasteiger partial charge in [0.2, 0.25) is 0 Å². The van der Waals surface area contributed by atoms with Crippen LogP contribution in [0, 0.1) is 0 Å². The number of sulfone groups is 1. The fourth-order valence-corrected chi connectivity index (χ4v) is 4.19. The van der Waals surface area contributed by atoms with Gasteiger partial charge < -0.3 is 9.30 Å². The third kappa shape index (κ3) is 4.14. The van der Waals surface area contributed by atoms with E-state index in [1.807, 2.05) is 0 Å². The Balaban J connectivity index is 1.85. The number of rotatable bonds is 4. The summed E-state index contributed by atoms with van der Waals surface area (Å²) in [6, 6.07) is 11.5. The Bertz CT molecular complexity index is 1150. The lowest BCUT2D eigenvalue weighted by Crippen LogP contribution is -2.17. The monoisotopic (exact) mass is 410 g/mol. The first-order chi connectivity index (χ1) is 12.2. The van der Waals surface area contributed by atoms with Crippen LogP contribution in [0.2, 0.25) is 5.02 Å². The Morgan fingerprint density at radius 3 is 2.58 bits per heavy atom. The minimum atomic E-state index is -3.29. The molecule has 0 bridgehead atoms. The highest BCUT2D eigenvalue weighted by molar-refractivity contribution is 7.90. The summed E-state index contributed by atoms with van der Waals surface area (Å²) >= 11 is 7.04. The van der Waals surface area contributed by atoms with Crippen LogP contribution in [0.1, 0.15) is 0 Å². The first-order valence-electron chi connectivity index (χ1n) is 7.49. The van der Waals surface area contributed by atoms with Gasteiger partial charge in [-0.25, -0.2) is 8.42 Å². The number of benzene rings is 2. The molecule has 0 fully saturated rings. The van der Waals surface area contributed by atoms with Gasteiger partial charge >= 0.3 is 0 Å². The smallest absolute Gasteiger partial charge is 0.286 e. The number of nitrogens with zero attached hydrogens (tertiary/aromatic N) is 2. The van der Waals surface area contributed by atoms with Crippen molar-refractivity contribution in [3.63, 3.8) is 0 Å². The molecule has 0 aliphatic rings. The van der Waals surface area contributed by atoms with E-state index in [2.05, 4.69) is 4.99 Å². The quantitative estimate of drug-likeness (QED) is 0.662. The minimum Gasteiger partial charge on any atom is -0.484 e. The fraction of sp³-hybridized carbons (Fsp3) is 0.176. The number of hydrogen-bond acceptors (Lipinski definition) is 5. The Morgan fingerprint density at radius 2 is 1.92 bits per heavy atom. The third-order valence-electron chi connectivity index (χ3n) is 3.61. The van der Waals surface area contributed by atoms with E-state index in [4.69, 9.17) is 16.3 Å². The molecule has 2 aromatic carbocycles. The zero-order valence-corrected chi connectivity index (χ0v) is 16.4. The Labute approximate surface area is 159 Å². The summed E-state index contributed by atoms with van der Waals surface area (Å²) in [5, 5.41) is 0.583. The second kappa shape index (κ2) is 7.22. The second-order valence-electron chi connectivity index (χ2n) is 5.59. The highest BCUT2D eigenvalue weighted by Crippen LogP contribution is 2.21. The van der Waals surface area contributed by atoms with Crippen molar-refractivity contribution >= 4 is 48.9 Å². The molecule has 0 atom stereocenters. The van der Waals surface area contributed by atoms with Gasteiger partial charge in [0.05, 0.1) is 15.1 Å². The molecule has 1 aromatic heterocycles. The summed E-state index contributed by atoms with van der Waals surface area (Å²) in [5.41, 5.74) is 0.799. The van der Waals surface area contributed by atoms with Gasteiger partial charge in [0.1, 0.15) is 5.75 Å². The van der Waals surface area contributed by atoms with Gasteiger partial charge in [0.25, 0.3) is 5.91 Å². The molecule has 136 valence electrons. The normalized spacial score (nSPS) is 12.5. The SMILES string of the molecule is Cn1c(=NC(=O)COc2ccc(Cl)cc2)sc2cc(S(C)(=O)=O)ccc21. The van der Waals surface area contributed by atoms with Crippen LogP contribution in [-0.4, -0.2) is 31.8 Å². The predicted octanol–water partition coefficient (Wildman–Crippen LogP) is 2.80. The topological polar surface area (TPSA) is 77.7 Å². The highest BCUT2D eigenvalue weighted by Gasteiger charge is 2.11. The van der Waals surface area contributed by atoms with Gasteiger partial charge in [-0.1, -0.05) is 22.9 Å². The Hall–Kier alpha value is -2.16. The maximum absolute atomic E-state index is 12.1. The number of amides is 1. The molecule has 0 spiro atoms. The van der Waals surface area contributed by atoms with E-state index < -0.39 is 15.7 Å². The summed E-state index contributed by atoms with van der Waals surface area (Å²) in [6.07, 6.45) is 1.16. The maximum atomic E-state index is 12.1. The van der Waals surface area contributed by atoms with Crippen LogP contribution in [0.3, 0.4) is 0 Å². The zero-order valence-electron chi connectivity index (χ0n) is 14.0. The van der Waals surface area contributed by atoms with Crippen molar-refractivity contribution in [1.29, 1.82) is 0 Å². The highest BCUT2D eigenvalue weighted by atomic mass is 35.5. The van der Waals surface area contributed by atoms with Crippen molar-refractivity contribution < 1.29 is 17.9 Å².